The largest absolute Gasteiger partial charge is 0.424 e. The van der Waals surface area contributed by atoms with Crippen LogP contribution in [0, 0.1) is 0 Å². The second-order valence-corrected chi connectivity index (χ2v) is 9.49. The van der Waals surface area contributed by atoms with Crippen molar-refractivity contribution in [3.8, 4) is 22.9 Å². The number of hydrogen-bond donors (Lipinski definition) is 0. The number of hydrogen-bond acceptors (Lipinski definition) is 4. The molecule has 2 aromatic carbocycles. The summed E-state index contributed by atoms with van der Waals surface area (Å²) in [5, 5.41) is 4.62. The zero-order valence-electron chi connectivity index (χ0n) is 20.3. The molecule has 0 radical (unpaired) electrons. The number of carbonyl (C=O) groups is 1. The van der Waals surface area contributed by atoms with Crippen LogP contribution in [0.2, 0.25) is 0 Å². The minimum Gasteiger partial charge on any atom is -0.424 e. The van der Waals surface area contributed by atoms with Gasteiger partial charge in [-0.15, -0.1) is 0 Å². The number of rotatable bonds is 5. The standard InChI is InChI=1S/C28H29N5O2/c1-4-15-31-26-8-6-5-7-24(26)30-28(31)35-27-22(20-16-29-32(17-20)21-10-11-21)13-14-25-23(27)12-9-18(2)33(25)19(3)34/h4-8,13-18,21H,9-12H2,1-3H3/b15-4+/t18-/m0/s1. The van der Waals surface area contributed by atoms with Crippen molar-refractivity contribution < 1.29 is 9.53 Å². The lowest BCUT2D eigenvalue weighted by molar-refractivity contribution is -0.117. The lowest BCUT2D eigenvalue weighted by Gasteiger charge is -2.35. The quantitative estimate of drug-likeness (QED) is 0.350. The van der Waals surface area contributed by atoms with Crippen molar-refractivity contribution in [3.63, 3.8) is 0 Å². The molecule has 1 saturated carbocycles. The molecular formula is C28H29N5O2. The predicted molar refractivity (Wildman–Crippen MR) is 138 cm³/mol. The van der Waals surface area contributed by atoms with Crippen molar-refractivity contribution in [1.82, 2.24) is 19.3 Å². The highest BCUT2D eigenvalue weighted by atomic mass is 16.5. The zero-order chi connectivity index (χ0) is 24.1. The SMILES string of the molecule is C/C=C/n1c(Oc2c(-c3cnn(C4CC4)c3)ccc3c2CC[C@H](C)N3C(C)=O)nc2ccccc21. The molecule has 1 atom stereocenters. The second-order valence-electron chi connectivity index (χ2n) is 9.49. The molecule has 0 saturated heterocycles. The first kappa shape index (κ1) is 21.6. The van der Waals surface area contributed by atoms with E-state index in [0.717, 1.165) is 52.0 Å². The van der Waals surface area contributed by atoms with Crippen molar-refractivity contribution >= 4 is 28.8 Å². The highest BCUT2D eigenvalue weighted by molar-refractivity contribution is 5.95. The molecule has 3 heterocycles. The molecule has 2 aliphatic rings. The van der Waals surface area contributed by atoms with Crippen molar-refractivity contribution in [2.24, 2.45) is 0 Å². The van der Waals surface area contributed by atoms with E-state index in [4.69, 9.17) is 9.72 Å². The van der Waals surface area contributed by atoms with E-state index in [1.54, 1.807) is 6.92 Å². The lowest BCUT2D eigenvalue weighted by atomic mass is 9.92. The third-order valence-corrected chi connectivity index (χ3v) is 6.98. The zero-order valence-corrected chi connectivity index (χ0v) is 20.3. The normalized spacial score (nSPS) is 17.8. The van der Waals surface area contributed by atoms with Gasteiger partial charge in [0.15, 0.2) is 0 Å². The smallest absolute Gasteiger partial charge is 0.307 e. The van der Waals surface area contributed by atoms with Gasteiger partial charge in [-0.3, -0.25) is 14.0 Å². The molecule has 1 fully saturated rings. The van der Waals surface area contributed by atoms with Gasteiger partial charge in [-0.2, -0.15) is 10.1 Å². The fourth-order valence-electron chi connectivity index (χ4n) is 5.12. The third kappa shape index (κ3) is 3.71. The first-order valence-electron chi connectivity index (χ1n) is 12.3. The number of carbonyl (C=O) groups excluding carboxylic acids is 1. The van der Waals surface area contributed by atoms with E-state index < -0.39 is 0 Å². The molecule has 4 aromatic rings. The van der Waals surface area contributed by atoms with E-state index in [1.807, 2.05) is 59.1 Å². The van der Waals surface area contributed by atoms with Crippen molar-refractivity contribution in [2.45, 2.75) is 58.5 Å². The highest BCUT2D eigenvalue weighted by Crippen LogP contribution is 2.45. The Morgan fingerprint density at radius 3 is 2.74 bits per heavy atom. The van der Waals surface area contributed by atoms with Crippen LogP contribution in [0.3, 0.4) is 0 Å². The predicted octanol–water partition coefficient (Wildman–Crippen LogP) is 6.21. The number of fused-ring (bicyclic) bond motifs is 2. The van der Waals surface area contributed by atoms with Gasteiger partial charge in [0.25, 0.3) is 0 Å². The number of amides is 1. The molecular weight excluding hydrogens is 438 g/mol. The first-order chi connectivity index (χ1) is 17.0. The maximum atomic E-state index is 12.6. The number of para-hydroxylation sites is 2. The minimum absolute atomic E-state index is 0.0415. The molecule has 0 N–H and O–H groups in total. The molecule has 1 aliphatic carbocycles. The summed E-state index contributed by atoms with van der Waals surface area (Å²) in [5.74, 6) is 0.789. The Morgan fingerprint density at radius 2 is 1.97 bits per heavy atom. The van der Waals surface area contributed by atoms with E-state index in [9.17, 15) is 4.79 Å². The summed E-state index contributed by atoms with van der Waals surface area (Å²) >= 11 is 0. The summed E-state index contributed by atoms with van der Waals surface area (Å²) in [5.41, 5.74) is 5.77. The number of ether oxygens (including phenoxy) is 1. The van der Waals surface area contributed by atoms with E-state index in [-0.39, 0.29) is 11.9 Å². The van der Waals surface area contributed by atoms with E-state index in [0.29, 0.717) is 12.1 Å². The van der Waals surface area contributed by atoms with Gasteiger partial charge in [-0.25, -0.2) is 0 Å². The number of nitrogens with zero attached hydrogens (tertiary/aromatic N) is 5. The van der Waals surface area contributed by atoms with Crippen molar-refractivity contribution in [1.29, 1.82) is 0 Å². The molecule has 35 heavy (non-hydrogen) atoms. The third-order valence-electron chi connectivity index (χ3n) is 6.98. The van der Waals surface area contributed by atoms with Crippen LogP contribution in [0.4, 0.5) is 5.69 Å². The van der Waals surface area contributed by atoms with Gasteiger partial charge in [0.2, 0.25) is 5.91 Å². The number of imidazole rings is 1. The Morgan fingerprint density at radius 1 is 1.14 bits per heavy atom. The minimum atomic E-state index is 0.0415. The highest BCUT2D eigenvalue weighted by Gasteiger charge is 2.31. The maximum Gasteiger partial charge on any atom is 0.307 e. The molecule has 6 rings (SSSR count). The molecule has 1 amide bonds. The fraction of sp³-hybridized carbons (Fsp3) is 0.321. The van der Waals surface area contributed by atoms with Gasteiger partial charge < -0.3 is 9.64 Å². The van der Waals surface area contributed by atoms with Crippen molar-refractivity contribution in [2.75, 3.05) is 4.90 Å². The molecule has 7 heteroatoms. The summed E-state index contributed by atoms with van der Waals surface area (Å²) in [4.78, 5) is 19.3. The number of anilines is 1. The average Bonchev–Trinajstić information content (AvgIpc) is 3.48. The van der Waals surface area contributed by atoms with E-state index >= 15 is 0 Å². The summed E-state index contributed by atoms with van der Waals surface area (Å²) in [6, 6.07) is 13.3. The summed E-state index contributed by atoms with van der Waals surface area (Å²) < 4.78 is 10.7. The second kappa shape index (κ2) is 8.41. The molecule has 178 valence electrons. The van der Waals surface area contributed by atoms with Crippen LogP contribution in [0.1, 0.15) is 51.6 Å². The van der Waals surface area contributed by atoms with Crippen LogP contribution in [0.25, 0.3) is 28.4 Å². The molecule has 1 aliphatic heterocycles. The Bertz CT molecular complexity index is 1460. The number of aromatic nitrogens is 4. The molecule has 0 spiro atoms. The number of allylic oxidation sites excluding steroid dienone is 1. The van der Waals surface area contributed by atoms with Crippen LogP contribution in [0.15, 0.2) is 54.9 Å². The summed E-state index contributed by atoms with van der Waals surface area (Å²) in [6.07, 6.45) is 12.0. The van der Waals surface area contributed by atoms with E-state index in [1.165, 1.54) is 12.8 Å². The van der Waals surface area contributed by atoms with Gasteiger partial charge in [0, 0.05) is 42.1 Å². The Labute approximate surface area is 204 Å². The lowest BCUT2D eigenvalue weighted by Crippen LogP contribution is -2.40. The topological polar surface area (TPSA) is 65.2 Å². The Hall–Kier alpha value is -3.87. The van der Waals surface area contributed by atoms with Gasteiger partial charge in [0.05, 0.1) is 29.0 Å². The molecule has 7 nitrogen and oxygen atoms in total. The Balaban J connectivity index is 1.54. The van der Waals surface area contributed by atoms with E-state index in [2.05, 4.69) is 35.0 Å². The maximum absolute atomic E-state index is 12.6. The van der Waals surface area contributed by atoms with Gasteiger partial charge >= 0.3 is 6.01 Å². The summed E-state index contributed by atoms with van der Waals surface area (Å²) in [6.45, 7) is 5.71. The summed E-state index contributed by atoms with van der Waals surface area (Å²) in [7, 11) is 0. The van der Waals surface area contributed by atoms with Crippen LogP contribution >= 0.6 is 0 Å². The van der Waals surface area contributed by atoms with Crippen molar-refractivity contribution in [3.05, 3.63) is 60.4 Å². The van der Waals surface area contributed by atoms with Crippen LogP contribution < -0.4 is 9.64 Å². The Kier molecular flexibility index (Phi) is 5.20. The van der Waals surface area contributed by atoms with Crippen LogP contribution in [-0.4, -0.2) is 31.3 Å². The number of benzene rings is 2. The van der Waals surface area contributed by atoms with Crippen LogP contribution in [0.5, 0.6) is 11.8 Å². The monoisotopic (exact) mass is 467 g/mol. The molecule has 0 unspecified atom stereocenters. The first-order valence-corrected chi connectivity index (χ1v) is 12.3. The molecule has 2 aromatic heterocycles. The fourth-order valence-corrected chi connectivity index (χ4v) is 5.12. The molecule has 0 bridgehead atoms. The van der Waals surface area contributed by atoms with Gasteiger partial charge in [-0.05, 0) is 63.8 Å². The average molecular weight is 468 g/mol. The van der Waals surface area contributed by atoms with Gasteiger partial charge in [0.1, 0.15) is 5.75 Å². The van der Waals surface area contributed by atoms with Crippen LogP contribution in [-0.2, 0) is 11.2 Å². The van der Waals surface area contributed by atoms with Gasteiger partial charge in [-0.1, -0.05) is 18.2 Å².